The van der Waals surface area contributed by atoms with Crippen LogP contribution in [0.25, 0.3) is 33.0 Å². The summed E-state index contributed by atoms with van der Waals surface area (Å²) in [6.07, 6.45) is 2.97. The fraction of sp³-hybridized carbons (Fsp3) is 0.188. The van der Waals surface area contributed by atoms with E-state index in [0.29, 0.717) is 47.5 Å². The number of carbonyl (C=O) groups excluding carboxylic acids is 2. The quantitative estimate of drug-likeness (QED) is 0.246. The Hall–Kier alpha value is -4.66. The topological polar surface area (TPSA) is 99.6 Å². The highest BCUT2D eigenvalue weighted by Gasteiger charge is 2.35. The molecule has 1 unspecified atom stereocenters. The predicted molar refractivity (Wildman–Crippen MR) is 156 cm³/mol. The zero-order chi connectivity index (χ0) is 27.8. The van der Waals surface area contributed by atoms with Gasteiger partial charge >= 0.3 is 0 Å². The first kappa shape index (κ1) is 25.6. The van der Waals surface area contributed by atoms with Crippen molar-refractivity contribution in [3.8, 4) is 5.75 Å². The summed E-state index contributed by atoms with van der Waals surface area (Å²) in [5.41, 5.74) is 4.53. The third-order valence-corrected chi connectivity index (χ3v) is 7.15. The predicted octanol–water partition coefficient (Wildman–Crippen LogP) is 4.19. The average Bonchev–Trinajstić information content (AvgIpc) is 3.60. The van der Waals surface area contributed by atoms with E-state index in [9.17, 15) is 14.7 Å². The van der Waals surface area contributed by atoms with Gasteiger partial charge in [-0.25, -0.2) is 0 Å². The van der Waals surface area contributed by atoms with Crippen molar-refractivity contribution in [3.05, 3.63) is 102 Å². The first-order chi connectivity index (χ1) is 19.4. The number of likely N-dealkylation sites (N-methyl/N-ethyl adjacent to an activating group) is 1. The Morgan fingerprint density at radius 3 is 2.40 bits per heavy atom. The number of benzene rings is 3. The maximum absolute atomic E-state index is 13.4. The van der Waals surface area contributed by atoms with E-state index in [1.807, 2.05) is 103 Å². The number of rotatable bonds is 9. The molecule has 202 valence electrons. The molecule has 0 saturated heterocycles. The van der Waals surface area contributed by atoms with Gasteiger partial charge < -0.3 is 24.3 Å². The van der Waals surface area contributed by atoms with Crippen molar-refractivity contribution in [1.82, 2.24) is 19.8 Å². The number of aromatic amines is 1. The molecule has 8 heteroatoms. The normalized spacial score (nSPS) is 14.5. The molecule has 1 aliphatic rings. The van der Waals surface area contributed by atoms with E-state index in [0.717, 1.165) is 22.0 Å². The van der Waals surface area contributed by atoms with Crippen molar-refractivity contribution in [2.75, 3.05) is 20.6 Å². The molecular formula is C32H30N4O4. The number of fused-ring (bicyclic) bond motifs is 2. The van der Waals surface area contributed by atoms with Gasteiger partial charge in [0.2, 0.25) is 0 Å². The lowest BCUT2D eigenvalue weighted by Crippen LogP contribution is -2.29. The zero-order valence-corrected chi connectivity index (χ0v) is 22.3. The van der Waals surface area contributed by atoms with E-state index in [-0.39, 0.29) is 5.57 Å². The van der Waals surface area contributed by atoms with Crippen molar-refractivity contribution in [3.63, 3.8) is 0 Å². The van der Waals surface area contributed by atoms with Gasteiger partial charge in [0, 0.05) is 52.9 Å². The first-order valence-corrected chi connectivity index (χ1v) is 13.2. The Bertz CT molecular complexity index is 1760. The van der Waals surface area contributed by atoms with Crippen LogP contribution in [0, 0.1) is 0 Å². The molecule has 0 radical (unpaired) electrons. The molecule has 3 aromatic carbocycles. The molecular weight excluding hydrogens is 504 g/mol. The number of carbonyl (C=O) groups is 2. The maximum atomic E-state index is 13.4. The Morgan fingerprint density at radius 1 is 0.900 bits per heavy atom. The van der Waals surface area contributed by atoms with Crippen LogP contribution in [0.15, 0.2) is 85.2 Å². The fourth-order valence-corrected chi connectivity index (χ4v) is 5.47. The number of para-hydroxylation sites is 1. The van der Waals surface area contributed by atoms with Crippen molar-refractivity contribution in [1.29, 1.82) is 0 Å². The number of aliphatic hydroxyl groups is 1. The van der Waals surface area contributed by atoms with Gasteiger partial charge in [-0.3, -0.25) is 14.9 Å². The molecule has 3 heterocycles. The molecule has 1 atom stereocenters. The van der Waals surface area contributed by atoms with Gasteiger partial charge in [0.15, 0.2) is 0 Å². The van der Waals surface area contributed by atoms with Crippen molar-refractivity contribution >= 4 is 44.8 Å². The smallest absolute Gasteiger partial charge is 0.259 e. The van der Waals surface area contributed by atoms with Gasteiger partial charge in [-0.2, -0.15) is 0 Å². The molecule has 8 nitrogen and oxygen atoms in total. The van der Waals surface area contributed by atoms with Crippen LogP contribution in [-0.4, -0.2) is 58.1 Å². The Morgan fingerprint density at radius 2 is 1.62 bits per heavy atom. The summed E-state index contributed by atoms with van der Waals surface area (Å²) in [4.78, 5) is 31.8. The minimum Gasteiger partial charge on any atom is -0.488 e. The second kappa shape index (κ2) is 10.5. The second-order valence-electron chi connectivity index (χ2n) is 10.3. The Balaban J connectivity index is 1.55. The highest BCUT2D eigenvalue weighted by atomic mass is 16.5. The number of hydrogen-bond acceptors (Lipinski definition) is 5. The summed E-state index contributed by atoms with van der Waals surface area (Å²) in [6.45, 7) is 1.12. The molecule has 6 rings (SSSR count). The molecule has 0 fully saturated rings. The molecule has 0 saturated carbocycles. The third-order valence-electron chi connectivity index (χ3n) is 7.15. The van der Waals surface area contributed by atoms with E-state index < -0.39 is 17.9 Å². The van der Waals surface area contributed by atoms with Crippen LogP contribution in [0.4, 0.5) is 0 Å². The number of amides is 2. The average molecular weight is 535 g/mol. The summed E-state index contributed by atoms with van der Waals surface area (Å²) < 4.78 is 8.25. The van der Waals surface area contributed by atoms with Crippen LogP contribution in [-0.2, 0) is 22.7 Å². The highest BCUT2D eigenvalue weighted by Crippen LogP contribution is 2.41. The molecule has 2 aromatic heterocycles. The summed E-state index contributed by atoms with van der Waals surface area (Å²) in [5, 5.41) is 14.9. The first-order valence-electron chi connectivity index (χ1n) is 13.2. The van der Waals surface area contributed by atoms with Crippen LogP contribution < -0.4 is 10.1 Å². The number of nitrogens with zero attached hydrogens (tertiary/aromatic N) is 2. The van der Waals surface area contributed by atoms with E-state index in [2.05, 4.69) is 10.3 Å². The van der Waals surface area contributed by atoms with Crippen LogP contribution in [0.5, 0.6) is 5.75 Å². The lowest BCUT2D eigenvalue weighted by Gasteiger charge is -2.17. The van der Waals surface area contributed by atoms with Crippen molar-refractivity contribution in [2.45, 2.75) is 19.3 Å². The fourth-order valence-electron chi connectivity index (χ4n) is 5.47. The van der Waals surface area contributed by atoms with Gasteiger partial charge in [0.25, 0.3) is 11.8 Å². The molecule has 0 bridgehead atoms. The van der Waals surface area contributed by atoms with Gasteiger partial charge in [-0.1, -0.05) is 54.6 Å². The molecule has 0 aliphatic carbocycles. The SMILES string of the molecule is CN(C)CC(O)Cn1cc(C2=C(c3c[nH]c4ccccc34)C(=O)NC2=O)c2c(OCc3ccccc3)cccc21. The number of ether oxygens (including phenoxy) is 1. The molecule has 3 N–H and O–H groups in total. The zero-order valence-electron chi connectivity index (χ0n) is 22.3. The number of aliphatic hydroxyl groups excluding tert-OH is 1. The van der Waals surface area contributed by atoms with E-state index >= 15 is 0 Å². The number of hydrogen-bond donors (Lipinski definition) is 3. The van der Waals surface area contributed by atoms with Gasteiger partial charge in [0.1, 0.15) is 12.4 Å². The minimum atomic E-state index is -0.645. The number of nitrogens with one attached hydrogen (secondary N) is 2. The Labute approximate surface area is 231 Å². The van der Waals surface area contributed by atoms with Gasteiger partial charge in [0.05, 0.1) is 22.8 Å². The summed E-state index contributed by atoms with van der Waals surface area (Å²) >= 11 is 0. The van der Waals surface area contributed by atoms with Gasteiger partial charge in [-0.05, 0) is 37.9 Å². The monoisotopic (exact) mass is 534 g/mol. The maximum Gasteiger partial charge on any atom is 0.259 e. The minimum absolute atomic E-state index is 0.288. The molecule has 5 aromatic rings. The van der Waals surface area contributed by atoms with Crippen LogP contribution >= 0.6 is 0 Å². The number of H-pyrrole nitrogens is 1. The summed E-state index contributed by atoms with van der Waals surface area (Å²) in [6, 6.07) is 23.2. The van der Waals surface area contributed by atoms with Crippen LogP contribution in [0.2, 0.25) is 0 Å². The molecule has 0 spiro atoms. The molecule has 1 aliphatic heterocycles. The van der Waals surface area contributed by atoms with E-state index in [4.69, 9.17) is 4.74 Å². The number of aromatic nitrogens is 2. The number of imide groups is 1. The lowest BCUT2D eigenvalue weighted by molar-refractivity contribution is -0.122. The summed E-state index contributed by atoms with van der Waals surface area (Å²) in [7, 11) is 3.81. The van der Waals surface area contributed by atoms with Gasteiger partial charge in [-0.15, -0.1) is 0 Å². The third kappa shape index (κ3) is 4.68. The summed E-state index contributed by atoms with van der Waals surface area (Å²) in [5.74, 6) is -0.313. The molecule has 40 heavy (non-hydrogen) atoms. The van der Waals surface area contributed by atoms with E-state index in [1.165, 1.54) is 0 Å². The van der Waals surface area contributed by atoms with E-state index in [1.54, 1.807) is 6.20 Å². The van der Waals surface area contributed by atoms with Crippen LogP contribution in [0.1, 0.15) is 16.7 Å². The lowest BCUT2D eigenvalue weighted by atomic mass is 9.95. The van der Waals surface area contributed by atoms with Crippen LogP contribution in [0.3, 0.4) is 0 Å². The Kier molecular flexibility index (Phi) is 6.71. The highest BCUT2D eigenvalue weighted by molar-refractivity contribution is 6.51. The second-order valence-corrected chi connectivity index (χ2v) is 10.3. The van der Waals surface area contributed by atoms with Crippen molar-refractivity contribution in [2.24, 2.45) is 0 Å². The van der Waals surface area contributed by atoms with Crippen molar-refractivity contribution < 1.29 is 19.4 Å². The standard InChI is InChI=1S/C32H30N4O4/c1-35(2)16-21(37)17-36-18-24(28-26(36)13-8-14-27(28)40-19-20-9-4-3-5-10-20)30-29(31(38)34-32(30)39)23-15-33-25-12-7-6-11-22(23)25/h3-15,18,21,33,37H,16-17,19H2,1-2H3,(H,34,38,39). The molecule has 2 amide bonds. The largest absolute Gasteiger partial charge is 0.488 e.